The molecule has 2 aromatic rings. The minimum absolute atomic E-state index is 0.0392. The fourth-order valence-electron chi connectivity index (χ4n) is 3.00. The Kier molecular flexibility index (Phi) is 5.66. The molecule has 0 heterocycles. The zero-order valence-electron chi connectivity index (χ0n) is 15.4. The highest BCUT2D eigenvalue weighted by Crippen LogP contribution is 2.30. The second-order valence-electron chi connectivity index (χ2n) is 6.62. The Morgan fingerprint density at radius 3 is 2.25 bits per heavy atom. The van der Waals surface area contributed by atoms with Gasteiger partial charge in [0.2, 0.25) is 0 Å². The first kappa shape index (κ1) is 18.1. The Hall–Kier alpha value is -2.29. The molecule has 0 saturated heterocycles. The van der Waals surface area contributed by atoms with Crippen molar-refractivity contribution in [3.8, 4) is 5.75 Å². The van der Waals surface area contributed by atoms with Gasteiger partial charge in [-0.1, -0.05) is 38.1 Å². The molecule has 0 aliphatic heterocycles. The minimum Gasteiger partial charge on any atom is -0.496 e. The van der Waals surface area contributed by atoms with Gasteiger partial charge >= 0.3 is 0 Å². The van der Waals surface area contributed by atoms with Crippen molar-refractivity contribution in [2.45, 2.75) is 46.6 Å². The molecule has 2 aromatic carbocycles. The van der Waals surface area contributed by atoms with Gasteiger partial charge in [0.1, 0.15) is 5.75 Å². The summed E-state index contributed by atoms with van der Waals surface area (Å²) in [6.07, 6.45) is 0. The highest BCUT2D eigenvalue weighted by atomic mass is 16.5. The van der Waals surface area contributed by atoms with Crippen LogP contribution in [-0.4, -0.2) is 13.0 Å². The number of rotatable bonds is 5. The molecule has 128 valence electrons. The van der Waals surface area contributed by atoms with E-state index >= 15 is 0 Å². The molecule has 0 radical (unpaired) electrons. The van der Waals surface area contributed by atoms with Crippen molar-refractivity contribution < 1.29 is 9.53 Å². The van der Waals surface area contributed by atoms with E-state index in [-0.39, 0.29) is 11.9 Å². The van der Waals surface area contributed by atoms with Crippen LogP contribution in [0, 0.1) is 13.8 Å². The standard InChI is InChI=1S/C21H27NO2/c1-13(2)18-12-19(15(4)11-20(18)24-6)21(23)22-16(5)17-10-8-7-9-14(17)3/h7-13,16H,1-6H3,(H,22,23)/t16-/m0/s1. The monoisotopic (exact) mass is 325 g/mol. The average Bonchev–Trinajstić information content (AvgIpc) is 2.54. The number of amides is 1. The lowest BCUT2D eigenvalue weighted by atomic mass is 9.95. The van der Waals surface area contributed by atoms with E-state index in [9.17, 15) is 4.79 Å². The molecule has 0 fully saturated rings. The van der Waals surface area contributed by atoms with Crippen LogP contribution in [0.15, 0.2) is 36.4 Å². The van der Waals surface area contributed by atoms with Crippen LogP contribution in [0.5, 0.6) is 5.75 Å². The number of nitrogens with one attached hydrogen (secondary N) is 1. The van der Waals surface area contributed by atoms with E-state index < -0.39 is 0 Å². The highest BCUT2D eigenvalue weighted by Gasteiger charge is 2.18. The molecule has 3 nitrogen and oxygen atoms in total. The summed E-state index contributed by atoms with van der Waals surface area (Å²) in [5.74, 6) is 1.08. The lowest BCUT2D eigenvalue weighted by Crippen LogP contribution is -2.28. The average molecular weight is 325 g/mol. The first-order valence-corrected chi connectivity index (χ1v) is 8.40. The smallest absolute Gasteiger partial charge is 0.252 e. The van der Waals surface area contributed by atoms with Crippen LogP contribution in [-0.2, 0) is 0 Å². The first-order chi connectivity index (χ1) is 11.3. The van der Waals surface area contributed by atoms with E-state index in [0.717, 1.165) is 22.4 Å². The second-order valence-corrected chi connectivity index (χ2v) is 6.62. The lowest BCUT2D eigenvalue weighted by Gasteiger charge is -2.19. The maximum absolute atomic E-state index is 12.8. The van der Waals surface area contributed by atoms with Gasteiger partial charge in [0.25, 0.3) is 5.91 Å². The van der Waals surface area contributed by atoms with E-state index in [0.29, 0.717) is 11.5 Å². The Morgan fingerprint density at radius 2 is 1.67 bits per heavy atom. The molecule has 1 amide bonds. The van der Waals surface area contributed by atoms with Crippen molar-refractivity contribution >= 4 is 5.91 Å². The van der Waals surface area contributed by atoms with Crippen LogP contribution in [0.1, 0.15) is 65.3 Å². The Bertz CT molecular complexity index is 735. The Balaban J connectivity index is 2.30. The molecule has 0 aromatic heterocycles. The number of hydrogen-bond donors (Lipinski definition) is 1. The summed E-state index contributed by atoms with van der Waals surface area (Å²) in [4.78, 5) is 12.8. The minimum atomic E-state index is -0.0483. The summed E-state index contributed by atoms with van der Waals surface area (Å²) < 4.78 is 5.46. The number of carbonyl (C=O) groups is 1. The molecular formula is C21H27NO2. The third-order valence-corrected chi connectivity index (χ3v) is 4.45. The van der Waals surface area contributed by atoms with Crippen LogP contribution < -0.4 is 10.1 Å². The number of carbonyl (C=O) groups excluding carboxylic acids is 1. The van der Waals surface area contributed by atoms with Gasteiger partial charge in [0, 0.05) is 5.56 Å². The molecule has 1 atom stereocenters. The molecular weight excluding hydrogens is 298 g/mol. The normalized spacial score (nSPS) is 12.1. The molecule has 24 heavy (non-hydrogen) atoms. The molecule has 0 spiro atoms. The zero-order valence-corrected chi connectivity index (χ0v) is 15.4. The Labute approximate surface area is 145 Å². The number of hydrogen-bond acceptors (Lipinski definition) is 2. The van der Waals surface area contributed by atoms with Gasteiger partial charge < -0.3 is 10.1 Å². The van der Waals surface area contributed by atoms with Crippen molar-refractivity contribution in [1.82, 2.24) is 5.32 Å². The van der Waals surface area contributed by atoms with Crippen molar-refractivity contribution in [3.05, 3.63) is 64.2 Å². The third-order valence-electron chi connectivity index (χ3n) is 4.45. The molecule has 0 bridgehead atoms. The molecule has 3 heteroatoms. The van der Waals surface area contributed by atoms with Gasteiger partial charge in [0.05, 0.1) is 13.2 Å². The summed E-state index contributed by atoms with van der Waals surface area (Å²) in [5, 5.41) is 3.12. The number of aryl methyl sites for hydroxylation is 2. The largest absolute Gasteiger partial charge is 0.496 e. The van der Waals surface area contributed by atoms with Crippen molar-refractivity contribution in [1.29, 1.82) is 0 Å². The SMILES string of the molecule is COc1cc(C)c(C(=O)N[C@@H](C)c2ccccc2C)cc1C(C)C. The number of ether oxygens (including phenoxy) is 1. The van der Waals surface area contributed by atoms with Gasteiger partial charge in [-0.05, 0) is 61.1 Å². The Morgan fingerprint density at radius 1 is 1.00 bits per heavy atom. The van der Waals surface area contributed by atoms with Crippen LogP contribution in [0.2, 0.25) is 0 Å². The van der Waals surface area contributed by atoms with E-state index in [1.165, 1.54) is 5.56 Å². The summed E-state index contributed by atoms with van der Waals surface area (Å²) in [6, 6.07) is 12.0. The molecule has 0 saturated carbocycles. The second kappa shape index (κ2) is 7.52. The van der Waals surface area contributed by atoms with Crippen molar-refractivity contribution in [2.24, 2.45) is 0 Å². The van der Waals surface area contributed by atoms with Gasteiger partial charge in [-0.15, -0.1) is 0 Å². The van der Waals surface area contributed by atoms with Crippen LogP contribution in [0.4, 0.5) is 0 Å². The molecule has 2 rings (SSSR count). The maximum atomic E-state index is 12.8. The third kappa shape index (κ3) is 3.78. The summed E-state index contributed by atoms with van der Waals surface area (Å²) >= 11 is 0. The highest BCUT2D eigenvalue weighted by molar-refractivity contribution is 5.96. The number of benzene rings is 2. The van der Waals surface area contributed by atoms with Gasteiger partial charge in [-0.25, -0.2) is 0 Å². The van der Waals surface area contributed by atoms with Gasteiger partial charge in [0.15, 0.2) is 0 Å². The quantitative estimate of drug-likeness (QED) is 0.847. The van der Waals surface area contributed by atoms with E-state index in [4.69, 9.17) is 4.74 Å². The van der Waals surface area contributed by atoms with E-state index in [1.807, 2.05) is 38.1 Å². The predicted octanol–water partition coefficient (Wildman–Crippen LogP) is 4.93. The molecule has 0 aliphatic carbocycles. The summed E-state index contributed by atoms with van der Waals surface area (Å²) in [6.45, 7) is 10.2. The topological polar surface area (TPSA) is 38.3 Å². The summed E-state index contributed by atoms with van der Waals surface area (Å²) in [7, 11) is 1.67. The number of methoxy groups -OCH3 is 1. The van der Waals surface area contributed by atoms with Gasteiger partial charge in [-0.3, -0.25) is 4.79 Å². The van der Waals surface area contributed by atoms with Crippen molar-refractivity contribution in [2.75, 3.05) is 7.11 Å². The molecule has 1 N–H and O–H groups in total. The molecule has 0 aliphatic rings. The van der Waals surface area contributed by atoms with E-state index in [1.54, 1.807) is 7.11 Å². The van der Waals surface area contributed by atoms with Crippen LogP contribution in [0.25, 0.3) is 0 Å². The summed E-state index contributed by atoms with van der Waals surface area (Å²) in [5.41, 5.74) is 5.00. The fourth-order valence-corrected chi connectivity index (χ4v) is 3.00. The fraction of sp³-hybridized carbons (Fsp3) is 0.381. The van der Waals surface area contributed by atoms with Crippen LogP contribution in [0.3, 0.4) is 0 Å². The van der Waals surface area contributed by atoms with Crippen molar-refractivity contribution in [3.63, 3.8) is 0 Å². The molecule has 0 unspecified atom stereocenters. The maximum Gasteiger partial charge on any atom is 0.252 e. The van der Waals surface area contributed by atoms with E-state index in [2.05, 4.69) is 38.2 Å². The van der Waals surface area contributed by atoms with Gasteiger partial charge in [-0.2, -0.15) is 0 Å². The van der Waals surface area contributed by atoms with Crippen LogP contribution >= 0.6 is 0 Å². The first-order valence-electron chi connectivity index (χ1n) is 8.40. The lowest BCUT2D eigenvalue weighted by molar-refractivity contribution is 0.0939. The zero-order chi connectivity index (χ0) is 17.9. The predicted molar refractivity (Wildman–Crippen MR) is 98.9 cm³/mol.